The highest BCUT2D eigenvalue weighted by molar-refractivity contribution is 9.10. The summed E-state index contributed by atoms with van der Waals surface area (Å²) in [6.45, 7) is 5.78. The van der Waals surface area contributed by atoms with E-state index >= 15 is 0 Å². The zero-order valence-corrected chi connectivity index (χ0v) is 10.7. The van der Waals surface area contributed by atoms with E-state index in [0.717, 1.165) is 15.7 Å². The highest BCUT2D eigenvalue weighted by Crippen LogP contribution is 2.25. The molecule has 2 nitrogen and oxygen atoms in total. The van der Waals surface area contributed by atoms with E-state index in [1.807, 2.05) is 39.1 Å². The first-order chi connectivity index (χ1) is 6.66. The Labute approximate surface area is 94.4 Å². The number of benzene rings is 1. The summed E-state index contributed by atoms with van der Waals surface area (Å²) in [6.07, 6.45) is 0. The molecule has 0 atom stereocenters. The minimum atomic E-state index is 0.570. The van der Waals surface area contributed by atoms with Gasteiger partial charge in [-0.25, -0.2) is 0 Å². The van der Waals surface area contributed by atoms with Gasteiger partial charge in [-0.1, -0.05) is 26.0 Å². The first-order valence-electron chi connectivity index (χ1n) is 4.68. The van der Waals surface area contributed by atoms with Crippen molar-refractivity contribution in [2.24, 2.45) is 0 Å². The first kappa shape index (κ1) is 13.2. The average Bonchev–Trinajstić information content (AvgIpc) is 2.20. The maximum atomic E-state index is 7.52. The van der Waals surface area contributed by atoms with Crippen molar-refractivity contribution in [3.05, 3.63) is 28.2 Å². The topological polar surface area (TPSA) is 35.9 Å². The molecule has 0 aliphatic carbocycles. The summed E-state index contributed by atoms with van der Waals surface area (Å²) in [7, 11) is 1.85. The van der Waals surface area contributed by atoms with Crippen LogP contribution in [0.3, 0.4) is 0 Å². The van der Waals surface area contributed by atoms with E-state index in [9.17, 15) is 0 Å². The van der Waals surface area contributed by atoms with Gasteiger partial charge in [0.05, 0.1) is 5.69 Å². The fraction of sp³-hybridized carbons (Fsp3) is 0.364. The number of nitrogens with one attached hydrogen (secondary N) is 2. The maximum absolute atomic E-state index is 7.52. The maximum Gasteiger partial charge on any atom is 0.0573 e. The van der Waals surface area contributed by atoms with Crippen molar-refractivity contribution in [3.8, 4) is 0 Å². The number of halogens is 1. The zero-order valence-electron chi connectivity index (χ0n) is 9.11. The molecule has 2 N–H and O–H groups in total. The number of hydrogen-bond donors (Lipinski definition) is 2. The molecule has 14 heavy (non-hydrogen) atoms. The molecular weight excluding hydrogens is 240 g/mol. The van der Waals surface area contributed by atoms with Crippen LogP contribution in [0.15, 0.2) is 22.7 Å². The molecular formula is C11H17BrN2. The summed E-state index contributed by atoms with van der Waals surface area (Å²) in [5.74, 6) is 0. The van der Waals surface area contributed by atoms with Crippen LogP contribution in [0.4, 0.5) is 5.69 Å². The molecule has 0 amide bonds. The van der Waals surface area contributed by atoms with Crippen molar-refractivity contribution >= 4 is 27.3 Å². The summed E-state index contributed by atoms with van der Waals surface area (Å²) in [5.41, 5.74) is 2.48. The van der Waals surface area contributed by atoms with Gasteiger partial charge in [-0.2, -0.15) is 0 Å². The molecule has 0 unspecified atom stereocenters. The van der Waals surface area contributed by atoms with Gasteiger partial charge in [0, 0.05) is 22.8 Å². The second-order valence-electron chi connectivity index (χ2n) is 2.54. The lowest BCUT2D eigenvalue weighted by Gasteiger charge is -2.09. The Kier molecular flexibility index (Phi) is 6.21. The van der Waals surface area contributed by atoms with E-state index in [4.69, 9.17) is 5.41 Å². The molecule has 0 aliphatic heterocycles. The van der Waals surface area contributed by atoms with Gasteiger partial charge in [0.2, 0.25) is 0 Å². The van der Waals surface area contributed by atoms with Crippen LogP contribution >= 0.6 is 15.9 Å². The molecule has 0 radical (unpaired) electrons. The minimum Gasteiger partial charge on any atom is -0.387 e. The molecule has 1 aromatic carbocycles. The van der Waals surface area contributed by atoms with Crippen molar-refractivity contribution < 1.29 is 0 Å². The van der Waals surface area contributed by atoms with Crippen molar-refractivity contribution in [1.29, 1.82) is 5.41 Å². The Bertz CT molecular complexity index is 308. The Balaban J connectivity index is 0.000000791. The summed E-state index contributed by atoms with van der Waals surface area (Å²) in [5, 5.41) is 10.6. The second kappa shape index (κ2) is 6.60. The van der Waals surface area contributed by atoms with Gasteiger partial charge >= 0.3 is 0 Å². The van der Waals surface area contributed by atoms with Crippen LogP contribution in [0.1, 0.15) is 26.3 Å². The van der Waals surface area contributed by atoms with E-state index < -0.39 is 0 Å². The fourth-order valence-electron chi connectivity index (χ4n) is 1.09. The van der Waals surface area contributed by atoms with Gasteiger partial charge in [-0.05, 0) is 28.9 Å². The molecule has 0 aromatic heterocycles. The number of rotatable bonds is 2. The molecule has 0 heterocycles. The zero-order chi connectivity index (χ0) is 11.1. The molecule has 0 fully saturated rings. The van der Waals surface area contributed by atoms with Gasteiger partial charge in [-0.3, -0.25) is 0 Å². The lowest BCUT2D eigenvalue weighted by atomic mass is 10.1. The molecule has 0 spiro atoms. The summed E-state index contributed by atoms with van der Waals surface area (Å²) in [4.78, 5) is 0. The lowest BCUT2D eigenvalue weighted by Crippen LogP contribution is -2.00. The summed E-state index contributed by atoms with van der Waals surface area (Å²) in [6, 6.07) is 5.81. The van der Waals surface area contributed by atoms with Crippen molar-refractivity contribution in [1.82, 2.24) is 0 Å². The summed E-state index contributed by atoms with van der Waals surface area (Å²) >= 11 is 3.42. The quantitative estimate of drug-likeness (QED) is 0.774. The SMILES string of the molecule is CC.CNc1c(Br)cccc1C(C)=N. The Hall–Kier alpha value is -0.830. The molecule has 0 aliphatic rings. The van der Waals surface area contributed by atoms with Gasteiger partial charge in [0.25, 0.3) is 0 Å². The molecule has 78 valence electrons. The van der Waals surface area contributed by atoms with E-state index in [1.54, 1.807) is 6.92 Å². The van der Waals surface area contributed by atoms with Crippen molar-refractivity contribution in [2.45, 2.75) is 20.8 Å². The van der Waals surface area contributed by atoms with Crippen LogP contribution < -0.4 is 5.32 Å². The van der Waals surface area contributed by atoms with Gasteiger partial charge in [0.15, 0.2) is 0 Å². The standard InChI is InChI=1S/C9H11BrN2.C2H6/c1-6(11)7-4-3-5-8(10)9(7)12-2;1-2/h3-5,11-12H,1-2H3;1-2H3. The highest BCUT2D eigenvalue weighted by atomic mass is 79.9. The first-order valence-corrected chi connectivity index (χ1v) is 5.48. The monoisotopic (exact) mass is 256 g/mol. The van der Waals surface area contributed by atoms with Crippen LogP contribution in [-0.4, -0.2) is 12.8 Å². The molecule has 0 saturated heterocycles. The number of hydrogen-bond acceptors (Lipinski definition) is 2. The van der Waals surface area contributed by atoms with E-state index in [-0.39, 0.29) is 0 Å². The smallest absolute Gasteiger partial charge is 0.0573 e. The Morgan fingerprint density at radius 3 is 2.29 bits per heavy atom. The van der Waals surface area contributed by atoms with Crippen LogP contribution in [0.25, 0.3) is 0 Å². The average molecular weight is 257 g/mol. The van der Waals surface area contributed by atoms with Gasteiger partial charge in [-0.15, -0.1) is 0 Å². The predicted molar refractivity (Wildman–Crippen MR) is 67.5 cm³/mol. The number of anilines is 1. The minimum absolute atomic E-state index is 0.570. The molecule has 0 bridgehead atoms. The van der Waals surface area contributed by atoms with Crippen molar-refractivity contribution in [3.63, 3.8) is 0 Å². The fourth-order valence-corrected chi connectivity index (χ4v) is 1.66. The normalized spacial score (nSPS) is 8.64. The van der Waals surface area contributed by atoms with E-state index in [2.05, 4.69) is 21.2 Å². The van der Waals surface area contributed by atoms with Crippen LogP contribution in [0.5, 0.6) is 0 Å². The van der Waals surface area contributed by atoms with E-state index in [0.29, 0.717) is 5.71 Å². The van der Waals surface area contributed by atoms with Crippen LogP contribution in [0, 0.1) is 5.41 Å². The van der Waals surface area contributed by atoms with Crippen LogP contribution in [0.2, 0.25) is 0 Å². The molecule has 1 rings (SSSR count). The van der Waals surface area contributed by atoms with Gasteiger partial charge < -0.3 is 10.7 Å². The largest absolute Gasteiger partial charge is 0.387 e. The predicted octanol–water partition coefficient (Wildman–Crippen LogP) is 3.90. The molecule has 1 aromatic rings. The Morgan fingerprint density at radius 1 is 1.36 bits per heavy atom. The Morgan fingerprint density at radius 2 is 1.93 bits per heavy atom. The number of para-hydroxylation sites is 1. The second-order valence-corrected chi connectivity index (χ2v) is 3.39. The van der Waals surface area contributed by atoms with E-state index in [1.165, 1.54) is 0 Å². The molecule has 0 saturated carbocycles. The third kappa shape index (κ3) is 3.14. The highest BCUT2D eigenvalue weighted by Gasteiger charge is 2.05. The third-order valence-corrected chi connectivity index (χ3v) is 2.33. The van der Waals surface area contributed by atoms with Crippen LogP contribution in [-0.2, 0) is 0 Å². The lowest BCUT2D eigenvalue weighted by molar-refractivity contribution is 1.41. The van der Waals surface area contributed by atoms with Crippen molar-refractivity contribution in [2.75, 3.05) is 12.4 Å². The van der Waals surface area contributed by atoms with Gasteiger partial charge in [0.1, 0.15) is 0 Å². The molecule has 3 heteroatoms. The summed E-state index contributed by atoms with van der Waals surface area (Å²) < 4.78 is 0.995. The third-order valence-electron chi connectivity index (χ3n) is 1.67.